The highest BCUT2D eigenvalue weighted by atomic mass is 16.5. The van der Waals surface area contributed by atoms with Crippen LogP contribution in [0.15, 0.2) is 12.4 Å². The number of aromatic nitrogens is 2. The van der Waals surface area contributed by atoms with Crippen LogP contribution in [0.5, 0.6) is 0 Å². The average molecular weight is 281 g/mol. The first-order chi connectivity index (χ1) is 9.47. The summed E-state index contributed by atoms with van der Waals surface area (Å²) in [4.78, 5) is 23.6. The lowest BCUT2D eigenvalue weighted by molar-refractivity contribution is -0.146. The van der Waals surface area contributed by atoms with Gasteiger partial charge in [0.05, 0.1) is 13.3 Å². The summed E-state index contributed by atoms with van der Waals surface area (Å²) in [6.45, 7) is 6.33. The molecular formula is C14H23N3O3. The maximum atomic E-state index is 11.9. The molecule has 1 heterocycles. The second kappa shape index (κ2) is 7.67. The fourth-order valence-electron chi connectivity index (χ4n) is 1.85. The molecule has 0 fully saturated rings. The van der Waals surface area contributed by atoms with Crippen LogP contribution in [0.3, 0.4) is 0 Å². The first kappa shape index (κ1) is 16.2. The fourth-order valence-corrected chi connectivity index (χ4v) is 1.85. The molecule has 6 nitrogen and oxygen atoms in total. The Morgan fingerprint density at radius 2 is 2.20 bits per heavy atom. The van der Waals surface area contributed by atoms with Crippen molar-refractivity contribution in [3.8, 4) is 0 Å². The minimum absolute atomic E-state index is 0.0401. The van der Waals surface area contributed by atoms with Crippen LogP contribution in [0, 0.1) is 12.8 Å². The molecular weight excluding hydrogens is 258 g/mol. The lowest BCUT2D eigenvalue weighted by atomic mass is 9.99. The van der Waals surface area contributed by atoms with E-state index in [0.29, 0.717) is 6.54 Å². The molecule has 0 aliphatic carbocycles. The Morgan fingerprint density at radius 3 is 2.70 bits per heavy atom. The predicted molar refractivity (Wildman–Crippen MR) is 75.0 cm³/mol. The maximum Gasteiger partial charge on any atom is 0.328 e. The van der Waals surface area contributed by atoms with E-state index >= 15 is 0 Å². The lowest BCUT2D eigenvalue weighted by Crippen LogP contribution is -2.45. The van der Waals surface area contributed by atoms with Crippen molar-refractivity contribution in [2.24, 2.45) is 5.92 Å². The Kier molecular flexibility index (Phi) is 6.21. The molecule has 6 heteroatoms. The number of nitrogens with zero attached hydrogens (tertiary/aromatic N) is 2. The molecule has 0 saturated carbocycles. The van der Waals surface area contributed by atoms with Crippen LogP contribution in [-0.4, -0.2) is 34.8 Å². The van der Waals surface area contributed by atoms with Crippen molar-refractivity contribution < 1.29 is 14.3 Å². The second-order valence-electron chi connectivity index (χ2n) is 4.98. The minimum atomic E-state index is -0.586. The monoisotopic (exact) mass is 281 g/mol. The number of aryl methyl sites for hydroxylation is 2. The highest BCUT2D eigenvalue weighted by Gasteiger charge is 2.26. The number of amides is 1. The number of carbonyl (C=O) groups excluding carboxylic acids is 2. The van der Waals surface area contributed by atoms with Crippen LogP contribution in [0.1, 0.15) is 32.3 Å². The van der Waals surface area contributed by atoms with E-state index in [0.717, 1.165) is 12.0 Å². The van der Waals surface area contributed by atoms with Crippen LogP contribution in [0.25, 0.3) is 0 Å². The zero-order valence-electron chi connectivity index (χ0n) is 12.5. The number of methoxy groups -OCH3 is 1. The molecule has 0 spiro atoms. The molecule has 0 aliphatic rings. The van der Waals surface area contributed by atoms with E-state index in [2.05, 4.69) is 10.4 Å². The number of ether oxygens (including phenoxy) is 1. The normalized spacial score (nSPS) is 13.6. The van der Waals surface area contributed by atoms with Gasteiger partial charge in [-0.3, -0.25) is 9.48 Å². The maximum absolute atomic E-state index is 11.9. The minimum Gasteiger partial charge on any atom is -0.467 e. The topological polar surface area (TPSA) is 73.2 Å². The fraction of sp³-hybridized carbons (Fsp3) is 0.643. The van der Waals surface area contributed by atoms with E-state index in [4.69, 9.17) is 4.74 Å². The molecule has 0 aromatic carbocycles. The van der Waals surface area contributed by atoms with Crippen molar-refractivity contribution in [1.29, 1.82) is 0 Å². The van der Waals surface area contributed by atoms with Crippen molar-refractivity contribution in [1.82, 2.24) is 15.1 Å². The smallest absolute Gasteiger partial charge is 0.328 e. The summed E-state index contributed by atoms with van der Waals surface area (Å²) in [7, 11) is 1.33. The van der Waals surface area contributed by atoms with Crippen LogP contribution >= 0.6 is 0 Å². The molecule has 2 unspecified atom stereocenters. The van der Waals surface area contributed by atoms with Gasteiger partial charge in [-0.15, -0.1) is 0 Å². The van der Waals surface area contributed by atoms with Crippen LogP contribution in [-0.2, 0) is 20.9 Å². The Morgan fingerprint density at radius 1 is 1.50 bits per heavy atom. The van der Waals surface area contributed by atoms with Gasteiger partial charge >= 0.3 is 5.97 Å². The molecule has 0 bridgehead atoms. The van der Waals surface area contributed by atoms with Gasteiger partial charge in [0.25, 0.3) is 0 Å². The second-order valence-corrected chi connectivity index (χ2v) is 4.98. The summed E-state index contributed by atoms with van der Waals surface area (Å²) in [5.74, 6) is -0.533. The van der Waals surface area contributed by atoms with E-state index in [1.165, 1.54) is 7.11 Å². The molecule has 0 aliphatic heterocycles. The van der Waals surface area contributed by atoms with Gasteiger partial charge in [0.2, 0.25) is 5.91 Å². The quantitative estimate of drug-likeness (QED) is 0.764. The zero-order valence-corrected chi connectivity index (χ0v) is 12.5. The summed E-state index contributed by atoms with van der Waals surface area (Å²) < 4.78 is 6.44. The average Bonchev–Trinajstić information content (AvgIpc) is 2.86. The summed E-state index contributed by atoms with van der Waals surface area (Å²) in [5.41, 5.74) is 1.05. The molecule has 20 heavy (non-hydrogen) atoms. The van der Waals surface area contributed by atoms with Gasteiger partial charge in [0, 0.05) is 19.2 Å². The standard InChI is InChI=1S/C14H23N3O3/c1-5-11(3)13(14(19)20-4)16-12(18)6-7-17-9-10(2)8-15-17/h8-9,11,13H,5-7H2,1-4H3,(H,16,18). The Hall–Kier alpha value is -1.85. The van der Waals surface area contributed by atoms with Gasteiger partial charge in [-0.05, 0) is 18.4 Å². The number of hydrogen-bond acceptors (Lipinski definition) is 4. The van der Waals surface area contributed by atoms with Gasteiger partial charge in [-0.25, -0.2) is 4.79 Å². The first-order valence-electron chi connectivity index (χ1n) is 6.84. The van der Waals surface area contributed by atoms with E-state index in [1.807, 2.05) is 27.0 Å². The van der Waals surface area contributed by atoms with Gasteiger partial charge in [0.15, 0.2) is 0 Å². The van der Waals surface area contributed by atoms with Gasteiger partial charge in [-0.1, -0.05) is 20.3 Å². The molecule has 1 aromatic heterocycles. The third-order valence-corrected chi connectivity index (χ3v) is 3.31. The number of nitrogens with one attached hydrogen (secondary N) is 1. The summed E-state index contributed by atoms with van der Waals surface area (Å²) in [5, 5.41) is 6.86. The predicted octanol–water partition coefficient (Wildman–Crippen LogP) is 1.29. The summed E-state index contributed by atoms with van der Waals surface area (Å²) in [6.07, 6.45) is 4.69. The van der Waals surface area contributed by atoms with E-state index in [-0.39, 0.29) is 18.2 Å². The Bertz CT molecular complexity index is 456. The van der Waals surface area contributed by atoms with E-state index in [1.54, 1.807) is 10.9 Å². The zero-order chi connectivity index (χ0) is 15.1. The number of esters is 1. The van der Waals surface area contributed by atoms with Gasteiger partial charge in [0.1, 0.15) is 6.04 Å². The van der Waals surface area contributed by atoms with Crippen LogP contribution in [0.2, 0.25) is 0 Å². The largest absolute Gasteiger partial charge is 0.467 e. The number of hydrogen-bond donors (Lipinski definition) is 1. The van der Waals surface area contributed by atoms with Crippen LogP contribution in [0.4, 0.5) is 0 Å². The highest BCUT2D eigenvalue weighted by Crippen LogP contribution is 2.09. The molecule has 0 saturated heterocycles. The number of rotatable bonds is 7. The van der Waals surface area contributed by atoms with Crippen molar-refractivity contribution in [3.05, 3.63) is 18.0 Å². The molecule has 2 atom stereocenters. The molecule has 112 valence electrons. The third-order valence-electron chi connectivity index (χ3n) is 3.31. The van der Waals surface area contributed by atoms with Gasteiger partial charge in [-0.2, -0.15) is 5.10 Å². The lowest BCUT2D eigenvalue weighted by Gasteiger charge is -2.21. The molecule has 0 radical (unpaired) electrons. The summed E-state index contributed by atoms with van der Waals surface area (Å²) >= 11 is 0. The molecule has 1 aromatic rings. The van der Waals surface area contributed by atoms with Gasteiger partial charge < -0.3 is 10.1 Å². The Balaban J connectivity index is 2.51. The van der Waals surface area contributed by atoms with Crippen LogP contribution < -0.4 is 5.32 Å². The van der Waals surface area contributed by atoms with Crippen molar-refractivity contribution in [2.75, 3.05) is 7.11 Å². The van der Waals surface area contributed by atoms with Crippen molar-refractivity contribution >= 4 is 11.9 Å². The first-order valence-corrected chi connectivity index (χ1v) is 6.84. The number of carbonyl (C=O) groups is 2. The third kappa shape index (κ3) is 4.68. The van der Waals surface area contributed by atoms with Crippen molar-refractivity contribution in [2.45, 2.75) is 46.2 Å². The summed E-state index contributed by atoms with van der Waals surface area (Å²) in [6, 6.07) is -0.586. The molecule has 1 N–H and O–H groups in total. The SMILES string of the molecule is CCC(C)C(NC(=O)CCn1cc(C)cn1)C(=O)OC. The molecule has 1 rings (SSSR count). The Labute approximate surface area is 119 Å². The van der Waals surface area contributed by atoms with E-state index < -0.39 is 12.0 Å². The molecule has 1 amide bonds. The van der Waals surface area contributed by atoms with E-state index in [9.17, 15) is 9.59 Å². The van der Waals surface area contributed by atoms with Crippen molar-refractivity contribution in [3.63, 3.8) is 0 Å². The highest BCUT2D eigenvalue weighted by molar-refractivity contribution is 5.84.